The predicted molar refractivity (Wildman–Crippen MR) is 111 cm³/mol. The van der Waals surface area contributed by atoms with Gasteiger partial charge in [0, 0.05) is 35.8 Å². The van der Waals surface area contributed by atoms with Crippen LogP contribution in [0.3, 0.4) is 0 Å². The largest absolute Gasteiger partial charge is 0.416 e. The minimum absolute atomic E-state index is 0.366. The molecule has 3 heterocycles. The van der Waals surface area contributed by atoms with Gasteiger partial charge in [-0.25, -0.2) is 0 Å². The summed E-state index contributed by atoms with van der Waals surface area (Å²) >= 11 is 0. The summed E-state index contributed by atoms with van der Waals surface area (Å²) in [5, 5.41) is 5.03. The molecule has 1 aromatic heterocycles. The van der Waals surface area contributed by atoms with Gasteiger partial charge in [0.05, 0.1) is 11.1 Å². The van der Waals surface area contributed by atoms with E-state index in [2.05, 4.69) is 35.0 Å². The minimum Gasteiger partial charge on any atom is -0.320 e. The molecule has 2 aromatic carbocycles. The van der Waals surface area contributed by atoms with Gasteiger partial charge in [-0.2, -0.15) is 13.2 Å². The third kappa shape index (κ3) is 3.27. The van der Waals surface area contributed by atoms with Crippen LogP contribution in [0.4, 0.5) is 13.2 Å². The summed E-state index contributed by atoms with van der Waals surface area (Å²) < 4.78 is 41.3. The molecule has 2 bridgehead atoms. The standard InChI is InChI=1S/C24H23F3N2/c1-15-8-9-21-19(12-15)23-20-7-3-6-18(28-20)14-22(23)29(21)11-10-16-4-2-5-17(13-16)24(25,26)27/h2,4-5,8-13,18,20,28H,3,6-7,14H2,1H3/b11-10-. The second-order valence-electron chi connectivity index (χ2n) is 8.24. The SMILES string of the molecule is Cc1ccc2c(c1)c1c(n2/C=C\c2cccc(C(F)(F)F)c2)CC2CCCC1N2. The highest BCUT2D eigenvalue weighted by molar-refractivity contribution is 5.90. The van der Waals surface area contributed by atoms with Crippen LogP contribution in [0.15, 0.2) is 42.5 Å². The summed E-state index contributed by atoms with van der Waals surface area (Å²) in [6, 6.07) is 12.8. The van der Waals surface area contributed by atoms with Crippen molar-refractivity contribution in [1.29, 1.82) is 0 Å². The van der Waals surface area contributed by atoms with E-state index in [0.717, 1.165) is 24.4 Å². The maximum absolute atomic E-state index is 13.0. The van der Waals surface area contributed by atoms with Gasteiger partial charge in [0.2, 0.25) is 0 Å². The van der Waals surface area contributed by atoms with Crippen molar-refractivity contribution in [3.8, 4) is 0 Å². The lowest BCUT2D eigenvalue weighted by molar-refractivity contribution is -0.137. The normalized spacial score (nSPS) is 21.7. The second kappa shape index (κ2) is 6.77. The lowest BCUT2D eigenvalue weighted by atomic mass is 9.84. The fraction of sp³-hybridized carbons (Fsp3) is 0.333. The average molecular weight is 396 g/mol. The first-order valence-electron chi connectivity index (χ1n) is 10.1. The third-order valence-corrected chi connectivity index (χ3v) is 6.20. The minimum atomic E-state index is -4.33. The molecule has 2 unspecified atom stereocenters. The molecule has 3 aromatic rings. The maximum Gasteiger partial charge on any atom is 0.416 e. The summed E-state index contributed by atoms with van der Waals surface area (Å²) in [7, 11) is 0. The van der Waals surface area contributed by atoms with Gasteiger partial charge in [0.25, 0.3) is 0 Å². The molecule has 0 aliphatic carbocycles. The Hall–Kier alpha value is -2.53. The Labute approximate surface area is 168 Å². The monoisotopic (exact) mass is 396 g/mol. The zero-order valence-corrected chi connectivity index (χ0v) is 16.3. The molecule has 1 N–H and O–H groups in total. The summed E-state index contributed by atoms with van der Waals surface area (Å²) in [5.41, 5.74) is 4.94. The number of hydrogen-bond donors (Lipinski definition) is 1. The van der Waals surface area contributed by atoms with Crippen LogP contribution < -0.4 is 5.32 Å². The molecule has 5 heteroatoms. The summed E-state index contributed by atoms with van der Waals surface area (Å²) in [6.07, 6.45) is 3.89. The van der Waals surface area contributed by atoms with Gasteiger partial charge >= 0.3 is 6.18 Å². The van der Waals surface area contributed by atoms with E-state index in [0.29, 0.717) is 17.6 Å². The number of piperidine rings is 1. The molecule has 0 saturated carbocycles. The highest BCUT2D eigenvalue weighted by Gasteiger charge is 2.34. The van der Waals surface area contributed by atoms with Crippen molar-refractivity contribution >= 4 is 23.2 Å². The van der Waals surface area contributed by atoms with E-state index in [1.807, 2.05) is 6.20 Å². The first-order chi connectivity index (χ1) is 13.9. The van der Waals surface area contributed by atoms with Crippen molar-refractivity contribution in [2.45, 2.75) is 50.9 Å². The summed E-state index contributed by atoms with van der Waals surface area (Å²) in [6.45, 7) is 2.10. The van der Waals surface area contributed by atoms with Gasteiger partial charge in [-0.05, 0) is 67.7 Å². The Balaban J connectivity index is 1.63. The number of alkyl halides is 3. The van der Waals surface area contributed by atoms with Crippen LogP contribution in [0.5, 0.6) is 0 Å². The topological polar surface area (TPSA) is 17.0 Å². The molecule has 2 atom stereocenters. The van der Waals surface area contributed by atoms with Crippen LogP contribution >= 0.6 is 0 Å². The number of benzene rings is 2. The van der Waals surface area contributed by atoms with Crippen LogP contribution in [0, 0.1) is 6.92 Å². The molecule has 2 aliphatic heterocycles. The smallest absolute Gasteiger partial charge is 0.320 e. The quantitative estimate of drug-likeness (QED) is 0.535. The highest BCUT2D eigenvalue weighted by Crippen LogP contribution is 2.41. The molecule has 5 rings (SSSR count). The Morgan fingerprint density at radius 3 is 2.79 bits per heavy atom. The van der Waals surface area contributed by atoms with E-state index in [-0.39, 0.29) is 0 Å². The number of nitrogens with zero attached hydrogens (tertiary/aromatic N) is 1. The molecular weight excluding hydrogens is 373 g/mol. The van der Waals surface area contributed by atoms with E-state index < -0.39 is 11.7 Å². The fourth-order valence-corrected chi connectivity index (χ4v) is 4.89. The molecule has 2 aliphatic rings. The van der Waals surface area contributed by atoms with Crippen LogP contribution in [0.2, 0.25) is 0 Å². The molecule has 150 valence electrons. The van der Waals surface area contributed by atoms with Gasteiger partial charge in [0.15, 0.2) is 0 Å². The van der Waals surface area contributed by atoms with Crippen molar-refractivity contribution in [2.24, 2.45) is 0 Å². The third-order valence-electron chi connectivity index (χ3n) is 6.20. The number of halogens is 3. The molecule has 1 saturated heterocycles. The van der Waals surface area contributed by atoms with Gasteiger partial charge in [-0.15, -0.1) is 0 Å². The van der Waals surface area contributed by atoms with Crippen LogP contribution in [-0.4, -0.2) is 10.6 Å². The number of rotatable bonds is 2. The average Bonchev–Trinajstić information content (AvgIpc) is 2.98. The maximum atomic E-state index is 13.0. The molecule has 29 heavy (non-hydrogen) atoms. The van der Waals surface area contributed by atoms with Crippen molar-refractivity contribution in [1.82, 2.24) is 9.88 Å². The van der Waals surface area contributed by atoms with Gasteiger partial charge in [-0.1, -0.05) is 23.8 Å². The lowest BCUT2D eigenvalue weighted by Gasteiger charge is -2.36. The Morgan fingerprint density at radius 1 is 1.10 bits per heavy atom. The zero-order valence-electron chi connectivity index (χ0n) is 16.3. The predicted octanol–water partition coefficient (Wildman–Crippen LogP) is 6.34. The van der Waals surface area contributed by atoms with E-state index in [4.69, 9.17) is 0 Å². The first-order valence-corrected chi connectivity index (χ1v) is 10.1. The first kappa shape index (κ1) is 18.5. The molecule has 2 nitrogen and oxygen atoms in total. The highest BCUT2D eigenvalue weighted by atomic mass is 19.4. The van der Waals surface area contributed by atoms with E-state index in [9.17, 15) is 13.2 Å². The van der Waals surface area contributed by atoms with Crippen molar-refractivity contribution < 1.29 is 13.2 Å². The summed E-state index contributed by atoms with van der Waals surface area (Å²) in [4.78, 5) is 0. The summed E-state index contributed by atoms with van der Waals surface area (Å²) in [5.74, 6) is 0. The fourth-order valence-electron chi connectivity index (χ4n) is 4.89. The number of nitrogens with one attached hydrogen (secondary N) is 1. The van der Waals surface area contributed by atoms with Gasteiger partial charge in [0.1, 0.15) is 0 Å². The second-order valence-corrected chi connectivity index (χ2v) is 8.24. The molecule has 0 radical (unpaired) electrons. The van der Waals surface area contributed by atoms with Crippen molar-refractivity contribution in [3.05, 3.63) is 70.4 Å². The molecule has 0 spiro atoms. The van der Waals surface area contributed by atoms with Crippen LogP contribution in [0.1, 0.15) is 53.3 Å². The van der Waals surface area contributed by atoms with Crippen LogP contribution in [-0.2, 0) is 12.6 Å². The van der Waals surface area contributed by atoms with E-state index >= 15 is 0 Å². The number of aromatic nitrogens is 1. The zero-order chi connectivity index (χ0) is 20.2. The molecule has 0 amide bonds. The number of aryl methyl sites for hydroxylation is 1. The number of hydrogen-bond acceptors (Lipinski definition) is 1. The van der Waals surface area contributed by atoms with Crippen LogP contribution in [0.25, 0.3) is 23.2 Å². The van der Waals surface area contributed by atoms with Crippen molar-refractivity contribution in [2.75, 3.05) is 0 Å². The van der Waals surface area contributed by atoms with Crippen molar-refractivity contribution in [3.63, 3.8) is 0 Å². The number of fused-ring (bicyclic) bond motifs is 6. The lowest BCUT2D eigenvalue weighted by Crippen LogP contribution is -2.42. The van der Waals surface area contributed by atoms with E-state index in [1.54, 1.807) is 12.1 Å². The van der Waals surface area contributed by atoms with Gasteiger partial charge in [-0.3, -0.25) is 0 Å². The van der Waals surface area contributed by atoms with Gasteiger partial charge < -0.3 is 9.88 Å². The Bertz CT molecular complexity index is 1110. The Morgan fingerprint density at radius 2 is 1.97 bits per heavy atom. The van der Waals surface area contributed by atoms with E-state index in [1.165, 1.54) is 47.2 Å². The molecular formula is C24H23F3N2. The molecule has 1 fully saturated rings. The Kier molecular flexibility index (Phi) is 4.32.